The molecule has 1 heterocycles. The van der Waals surface area contributed by atoms with Crippen molar-refractivity contribution < 1.29 is 9.21 Å². The van der Waals surface area contributed by atoms with E-state index in [0.29, 0.717) is 5.89 Å². The van der Waals surface area contributed by atoms with Gasteiger partial charge < -0.3 is 9.73 Å². The summed E-state index contributed by atoms with van der Waals surface area (Å²) in [4.78, 5) is 16.2. The molecular formula is C21H20N2O2. The highest BCUT2D eigenvalue weighted by Crippen LogP contribution is 2.20. The van der Waals surface area contributed by atoms with Crippen molar-refractivity contribution >= 4 is 12.0 Å². The van der Waals surface area contributed by atoms with Gasteiger partial charge in [-0.1, -0.05) is 48.5 Å². The number of nitrogens with one attached hydrogen (secondary N) is 1. The van der Waals surface area contributed by atoms with E-state index in [-0.39, 0.29) is 12.5 Å². The molecule has 0 fully saturated rings. The molecule has 0 saturated carbocycles. The van der Waals surface area contributed by atoms with Gasteiger partial charge in [0.25, 0.3) is 0 Å². The smallest absolute Gasteiger partial charge is 0.244 e. The van der Waals surface area contributed by atoms with Crippen LogP contribution in [0.4, 0.5) is 0 Å². The van der Waals surface area contributed by atoms with Crippen molar-refractivity contribution in [2.24, 2.45) is 0 Å². The maximum atomic E-state index is 12.0. The molecule has 0 atom stereocenters. The second kappa shape index (κ2) is 7.62. The van der Waals surface area contributed by atoms with Crippen LogP contribution in [0.15, 0.2) is 65.1 Å². The van der Waals surface area contributed by atoms with Gasteiger partial charge in [0.2, 0.25) is 11.8 Å². The summed E-state index contributed by atoms with van der Waals surface area (Å²) >= 11 is 0. The maximum absolute atomic E-state index is 12.0. The molecule has 2 aromatic carbocycles. The van der Waals surface area contributed by atoms with Gasteiger partial charge in [-0.2, -0.15) is 0 Å². The summed E-state index contributed by atoms with van der Waals surface area (Å²) < 4.78 is 5.44. The highest BCUT2D eigenvalue weighted by Gasteiger charge is 2.06. The van der Waals surface area contributed by atoms with Crippen molar-refractivity contribution in [3.8, 4) is 11.1 Å². The van der Waals surface area contributed by atoms with Crippen LogP contribution in [0, 0.1) is 13.8 Å². The Balaban J connectivity index is 1.62. The Kier molecular flexibility index (Phi) is 5.09. The number of carbonyl (C=O) groups excluding carboxylic acids is 1. The van der Waals surface area contributed by atoms with E-state index in [1.54, 1.807) is 6.08 Å². The van der Waals surface area contributed by atoms with E-state index >= 15 is 0 Å². The molecule has 0 saturated heterocycles. The number of carbonyl (C=O) groups is 1. The maximum Gasteiger partial charge on any atom is 0.244 e. The largest absolute Gasteiger partial charge is 0.444 e. The van der Waals surface area contributed by atoms with Crippen LogP contribution >= 0.6 is 0 Å². The van der Waals surface area contributed by atoms with Gasteiger partial charge in [0.15, 0.2) is 0 Å². The van der Waals surface area contributed by atoms with Crippen LogP contribution in [-0.2, 0) is 11.3 Å². The van der Waals surface area contributed by atoms with Crippen molar-refractivity contribution in [3.05, 3.63) is 83.6 Å². The van der Waals surface area contributed by atoms with Crippen LogP contribution in [0.25, 0.3) is 17.2 Å². The zero-order valence-corrected chi connectivity index (χ0v) is 14.3. The van der Waals surface area contributed by atoms with Crippen LogP contribution < -0.4 is 5.32 Å². The van der Waals surface area contributed by atoms with Crippen LogP contribution in [0.1, 0.15) is 22.9 Å². The molecule has 0 unspecified atom stereocenters. The lowest BCUT2D eigenvalue weighted by molar-refractivity contribution is -0.116. The topological polar surface area (TPSA) is 55.1 Å². The van der Waals surface area contributed by atoms with E-state index in [1.807, 2.05) is 44.2 Å². The van der Waals surface area contributed by atoms with Gasteiger partial charge in [0.05, 0.1) is 12.2 Å². The molecule has 126 valence electrons. The summed E-state index contributed by atoms with van der Waals surface area (Å²) in [7, 11) is 0. The third-order valence-electron chi connectivity index (χ3n) is 3.91. The Morgan fingerprint density at radius 3 is 2.56 bits per heavy atom. The van der Waals surface area contributed by atoms with Crippen molar-refractivity contribution in [1.82, 2.24) is 10.3 Å². The average molecular weight is 332 g/mol. The Morgan fingerprint density at radius 1 is 1.08 bits per heavy atom. The fraction of sp³-hybridized carbons (Fsp3) is 0.143. The van der Waals surface area contributed by atoms with E-state index < -0.39 is 0 Å². The Morgan fingerprint density at radius 2 is 1.84 bits per heavy atom. The second-order valence-corrected chi connectivity index (χ2v) is 5.79. The third-order valence-corrected chi connectivity index (χ3v) is 3.91. The van der Waals surface area contributed by atoms with Gasteiger partial charge >= 0.3 is 0 Å². The summed E-state index contributed by atoms with van der Waals surface area (Å²) in [5.41, 5.74) is 4.09. The lowest BCUT2D eigenvalue weighted by Gasteiger charge is -2.03. The summed E-state index contributed by atoms with van der Waals surface area (Å²) in [5, 5.41) is 2.77. The van der Waals surface area contributed by atoms with E-state index in [0.717, 1.165) is 28.1 Å². The molecule has 0 bridgehead atoms. The molecule has 4 nitrogen and oxygen atoms in total. The normalized spacial score (nSPS) is 11.0. The highest BCUT2D eigenvalue weighted by atomic mass is 16.4. The number of benzene rings is 2. The van der Waals surface area contributed by atoms with E-state index in [4.69, 9.17) is 4.42 Å². The van der Waals surface area contributed by atoms with Gasteiger partial charge in [-0.15, -0.1) is 0 Å². The van der Waals surface area contributed by atoms with Crippen molar-refractivity contribution in [3.63, 3.8) is 0 Å². The van der Waals surface area contributed by atoms with Gasteiger partial charge in [-0.3, -0.25) is 4.79 Å². The standard InChI is InChI=1S/C21H20N2O2/c1-15-16(2)25-21(23-15)14-22-20(24)12-11-17-7-6-10-19(13-17)18-8-4-3-5-9-18/h3-13H,14H2,1-2H3,(H,22,24). The first kappa shape index (κ1) is 16.7. The number of aromatic nitrogens is 1. The first-order valence-electron chi connectivity index (χ1n) is 8.16. The van der Waals surface area contributed by atoms with Gasteiger partial charge in [0.1, 0.15) is 5.76 Å². The Labute approximate surface area is 147 Å². The first-order chi connectivity index (χ1) is 12.1. The second-order valence-electron chi connectivity index (χ2n) is 5.79. The zero-order chi connectivity index (χ0) is 17.6. The van der Waals surface area contributed by atoms with Crippen LogP contribution in [0.5, 0.6) is 0 Å². The predicted octanol–water partition coefficient (Wildman–Crippen LogP) is 4.29. The fourth-order valence-corrected chi connectivity index (χ4v) is 2.46. The predicted molar refractivity (Wildman–Crippen MR) is 98.7 cm³/mol. The quantitative estimate of drug-likeness (QED) is 0.709. The minimum atomic E-state index is -0.182. The van der Waals surface area contributed by atoms with Crippen LogP contribution in [0.3, 0.4) is 0 Å². The minimum absolute atomic E-state index is 0.182. The third kappa shape index (κ3) is 4.44. The van der Waals surface area contributed by atoms with Gasteiger partial charge in [0, 0.05) is 6.08 Å². The molecule has 0 spiro atoms. The monoisotopic (exact) mass is 332 g/mol. The first-order valence-corrected chi connectivity index (χ1v) is 8.16. The molecule has 1 aromatic heterocycles. The number of amides is 1. The van der Waals surface area contributed by atoms with Crippen molar-refractivity contribution in [1.29, 1.82) is 0 Å². The SMILES string of the molecule is Cc1nc(CNC(=O)C=Cc2cccc(-c3ccccc3)c2)oc1C. The summed E-state index contributed by atoms with van der Waals surface area (Å²) in [6.45, 7) is 4.01. The number of oxazole rings is 1. The van der Waals surface area contributed by atoms with Crippen molar-refractivity contribution in [2.45, 2.75) is 20.4 Å². The molecule has 0 radical (unpaired) electrons. The van der Waals surface area contributed by atoms with Crippen LogP contribution in [-0.4, -0.2) is 10.9 Å². The lowest BCUT2D eigenvalue weighted by atomic mass is 10.0. The highest BCUT2D eigenvalue weighted by molar-refractivity contribution is 5.91. The van der Waals surface area contributed by atoms with Crippen molar-refractivity contribution in [2.75, 3.05) is 0 Å². The minimum Gasteiger partial charge on any atom is -0.444 e. The van der Waals surface area contributed by atoms with Gasteiger partial charge in [-0.05, 0) is 42.7 Å². The van der Waals surface area contributed by atoms with E-state index in [1.165, 1.54) is 6.08 Å². The molecule has 0 aliphatic carbocycles. The molecule has 4 heteroatoms. The molecule has 0 aliphatic rings. The fourth-order valence-electron chi connectivity index (χ4n) is 2.46. The van der Waals surface area contributed by atoms with Crippen LogP contribution in [0.2, 0.25) is 0 Å². The molecule has 1 amide bonds. The zero-order valence-electron chi connectivity index (χ0n) is 14.3. The van der Waals surface area contributed by atoms with E-state index in [2.05, 4.69) is 34.6 Å². The molecule has 0 aliphatic heterocycles. The molecule has 1 N–H and O–H groups in total. The number of hydrogen-bond acceptors (Lipinski definition) is 3. The van der Waals surface area contributed by atoms with Gasteiger partial charge in [-0.25, -0.2) is 4.98 Å². The number of aryl methyl sites for hydroxylation is 2. The Bertz CT molecular complexity index is 876. The lowest BCUT2D eigenvalue weighted by Crippen LogP contribution is -2.20. The summed E-state index contributed by atoms with van der Waals surface area (Å²) in [5.74, 6) is 1.11. The summed E-state index contributed by atoms with van der Waals surface area (Å²) in [6, 6.07) is 18.2. The van der Waals surface area contributed by atoms with E-state index in [9.17, 15) is 4.79 Å². The summed E-state index contributed by atoms with van der Waals surface area (Å²) in [6.07, 6.45) is 3.32. The average Bonchev–Trinajstić information content (AvgIpc) is 2.97. The molecule has 3 rings (SSSR count). The molecule has 25 heavy (non-hydrogen) atoms. The molecule has 3 aromatic rings. The Hall–Kier alpha value is -3.14. The number of rotatable bonds is 5. The number of nitrogens with zero attached hydrogens (tertiary/aromatic N) is 1. The molecular weight excluding hydrogens is 312 g/mol. The number of hydrogen-bond donors (Lipinski definition) is 1.